The van der Waals surface area contributed by atoms with Crippen LogP contribution in [0.1, 0.15) is 34.7 Å². The summed E-state index contributed by atoms with van der Waals surface area (Å²) < 4.78 is 27.8. The molecule has 0 saturated heterocycles. The van der Waals surface area contributed by atoms with Gasteiger partial charge in [0.1, 0.15) is 11.6 Å². The maximum atomic E-state index is 14.0. The van der Waals surface area contributed by atoms with Crippen molar-refractivity contribution >= 4 is 0 Å². The zero-order valence-electron chi connectivity index (χ0n) is 11.8. The quantitative estimate of drug-likeness (QED) is 0.888. The molecule has 2 aromatic rings. The van der Waals surface area contributed by atoms with Crippen molar-refractivity contribution in [3.05, 3.63) is 70.3 Å². The van der Waals surface area contributed by atoms with Crippen molar-refractivity contribution in [1.29, 1.82) is 0 Å². The maximum Gasteiger partial charge on any atom is 0.133 e. The Kier molecular flexibility index (Phi) is 4.50. The molecular formula is C17H19F2N. The van der Waals surface area contributed by atoms with Crippen LogP contribution in [0.3, 0.4) is 0 Å². The highest BCUT2D eigenvalue weighted by Gasteiger charge is 2.18. The third-order valence-electron chi connectivity index (χ3n) is 3.68. The van der Waals surface area contributed by atoms with Crippen molar-refractivity contribution in [2.24, 2.45) is 5.73 Å². The summed E-state index contributed by atoms with van der Waals surface area (Å²) in [5.74, 6) is -1.09. The average Bonchev–Trinajstić information content (AvgIpc) is 2.42. The highest BCUT2D eigenvalue weighted by Crippen LogP contribution is 2.25. The smallest absolute Gasteiger partial charge is 0.133 e. The van der Waals surface area contributed by atoms with Gasteiger partial charge in [0.2, 0.25) is 0 Å². The molecule has 3 heteroatoms. The van der Waals surface area contributed by atoms with Crippen molar-refractivity contribution in [3.63, 3.8) is 0 Å². The molecule has 2 rings (SSSR count). The first-order chi connectivity index (χ1) is 9.50. The van der Waals surface area contributed by atoms with E-state index in [4.69, 9.17) is 5.73 Å². The van der Waals surface area contributed by atoms with Gasteiger partial charge in [0.25, 0.3) is 0 Å². The molecule has 0 spiro atoms. The van der Waals surface area contributed by atoms with Gasteiger partial charge in [0.05, 0.1) is 0 Å². The van der Waals surface area contributed by atoms with Crippen LogP contribution in [0, 0.1) is 25.5 Å². The first kappa shape index (κ1) is 14.7. The van der Waals surface area contributed by atoms with Crippen molar-refractivity contribution in [1.82, 2.24) is 0 Å². The van der Waals surface area contributed by atoms with E-state index in [1.807, 2.05) is 31.2 Å². The number of halogens is 2. The van der Waals surface area contributed by atoms with E-state index in [1.165, 1.54) is 17.7 Å². The maximum absolute atomic E-state index is 14.0. The molecule has 20 heavy (non-hydrogen) atoms. The Bertz CT molecular complexity index is 608. The molecule has 0 bridgehead atoms. The van der Waals surface area contributed by atoms with Gasteiger partial charge in [-0.3, -0.25) is 0 Å². The van der Waals surface area contributed by atoms with Crippen LogP contribution < -0.4 is 5.73 Å². The van der Waals surface area contributed by atoms with Crippen LogP contribution in [0.15, 0.2) is 36.4 Å². The largest absolute Gasteiger partial charge is 0.324 e. The third kappa shape index (κ3) is 3.05. The first-order valence-corrected chi connectivity index (χ1v) is 6.75. The molecular weight excluding hydrogens is 256 g/mol. The van der Waals surface area contributed by atoms with E-state index in [9.17, 15) is 8.78 Å². The van der Waals surface area contributed by atoms with E-state index in [2.05, 4.69) is 0 Å². The second-order valence-corrected chi connectivity index (χ2v) is 5.16. The second kappa shape index (κ2) is 6.14. The highest BCUT2D eigenvalue weighted by molar-refractivity contribution is 5.30. The van der Waals surface area contributed by atoms with E-state index in [-0.39, 0.29) is 5.56 Å². The Balaban J connectivity index is 2.15. The lowest BCUT2D eigenvalue weighted by Gasteiger charge is -2.16. The van der Waals surface area contributed by atoms with Crippen molar-refractivity contribution < 1.29 is 8.78 Å². The number of hydrogen-bond donors (Lipinski definition) is 1. The summed E-state index contributed by atoms with van der Waals surface area (Å²) in [5.41, 5.74) is 8.74. The van der Waals surface area contributed by atoms with Gasteiger partial charge in [0.15, 0.2) is 0 Å². The molecule has 1 atom stereocenters. The molecule has 0 aliphatic carbocycles. The van der Waals surface area contributed by atoms with E-state index in [0.717, 1.165) is 5.56 Å². The molecule has 2 N–H and O–H groups in total. The van der Waals surface area contributed by atoms with Gasteiger partial charge in [-0.15, -0.1) is 0 Å². The van der Waals surface area contributed by atoms with E-state index in [1.54, 1.807) is 6.92 Å². The van der Waals surface area contributed by atoms with Crippen molar-refractivity contribution in [2.45, 2.75) is 32.7 Å². The number of aryl methyl sites for hydroxylation is 3. The normalized spacial score (nSPS) is 12.4. The molecule has 1 unspecified atom stereocenters. The number of nitrogens with two attached hydrogens (primary N) is 1. The van der Waals surface area contributed by atoms with Gasteiger partial charge in [-0.25, -0.2) is 8.78 Å². The van der Waals surface area contributed by atoms with E-state index >= 15 is 0 Å². The minimum absolute atomic E-state index is 0.00131. The highest BCUT2D eigenvalue weighted by atomic mass is 19.1. The second-order valence-electron chi connectivity index (χ2n) is 5.16. The SMILES string of the molecule is Cc1ccccc1CCC(N)c1c(F)ccc(C)c1F. The number of benzene rings is 2. The summed E-state index contributed by atoms with van der Waals surface area (Å²) in [6, 6.07) is 10.1. The lowest BCUT2D eigenvalue weighted by atomic mass is 9.96. The molecule has 1 nitrogen and oxygen atoms in total. The van der Waals surface area contributed by atoms with Crippen LogP contribution >= 0.6 is 0 Å². The standard InChI is InChI=1S/C17H19F2N/c1-11-5-3-4-6-13(11)8-10-15(20)16-14(18)9-7-12(2)17(16)19/h3-7,9,15H,8,10,20H2,1-2H3. The van der Waals surface area contributed by atoms with Gasteiger partial charge >= 0.3 is 0 Å². The van der Waals surface area contributed by atoms with Gasteiger partial charge < -0.3 is 5.73 Å². The molecule has 0 radical (unpaired) electrons. The molecule has 0 fully saturated rings. The minimum atomic E-state index is -0.630. The summed E-state index contributed by atoms with van der Waals surface area (Å²) in [6.45, 7) is 3.64. The minimum Gasteiger partial charge on any atom is -0.324 e. The Hall–Kier alpha value is -1.74. The topological polar surface area (TPSA) is 26.0 Å². The fourth-order valence-electron chi connectivity index (χ4n) is 2.36. The van der Waals surface area contributed by atoms with Crippen LogP contribution in [0.4, 0.5) is 8.78 Å². The zero-order valence-corrected chi connectivity index (χ0v) is 11.8. The molecule has 0 aliphatic rings. The molecule has 0 aromatic heterocycles. The third-order valence-corrected chi connectivity index (χ3v) is 3.68. The molecule has 0 saturated carbocycles. The van der Waals surface area contributed by atoms with E-state index in [0.29, 0.717) is 18.4 Å². The summed E-state index contributed by atoms with van der Waals surface area (Å²) in [7, 11) is 0. The predicted octanol–water partition coefficient (Wildman–Crippen LogP) is 4.21. The summed E-state index contributed by atoms with van der Waals surface area (Å²) >= 11 is 0. The molecule has 0 amide bonds. The zero-order chi connectivity index (χ0) is 14.7. The number of rotatable bonds is 4. The molecule has 106 valence electrons. The van der Waals surface area contributed by atoms with Crippen molar-refractivity contribution in [3.8, 4) is 0 Å². The Morgan fingerprint density at radius 1 is 1.00 bits per heavy atom. The van der Waals surface area contributed by atoms with Gasteiger partial charge in [0, 0.05) is 11.6 Å². The Morgan fingerprint density at radius 3 is 2.40 bits per heavy atom. The van der Waals surface area contributed by atoms with Crippen LogP contribution in [-0.2, 0) is 6.42 Å². The van der Waals surface area contributed by atoms with Gasteiger partial charge in [-0.05, 0) is 49.4 Å². The van der Waals surface area contributed by atoms with E-state index < -0.39 is 17.7 Å². The summed E-state index contributed by atoms with van der Waals surface area (Å²) in [4.78, 5) is 0. The Morgan fingerprint density at radius 2 is 1.70 bits per heavy atom. The number of hydrogen-bond acceptors (Lipinski definition) is 1. The monoisotopic (exact) mass is 275 g/mol. The van der Waals surface area contributed by atoms with Crippen LogP contribution in [0.5, 0.6) is 0 Å². The lowest BCUT2D eigenvalue weighted by Crippen LogP contribution is -2.16. The van der Waals surface area contributed by atoms with Crippen LogP contribution in [0.2, 0.25) is 0 Å². The summed E-state index contributed by atoms with van der Waals surface area (Å²) in [6.07, 6.45) is 1.23. The van der Waals surface area contributed by atoms with Crippen LogP contribution in [-0.4, -0.2) is 0 Å². The fourth-order valence-corrected chi connectivity index (χ4v) is 2.36. The van der Waals surface area contributed by atoms with Gasteiger partial charge in [-0.2, -0.15) is 0 Å². The fraction of sp³-hybridized carbons (Fsp3) is 0.294. The predicted molar refractivity (Wildman–Crippen MR) is 77.5 cm³/mol. The average molecular weight is 275 g/mol. The first-order valence-electron chi connectivity index (χ1n) is 6.75. The van der Waals surface area contributed by atoms with Crippen molar-refractivity contribution in [2.75, 3.05) is 0 Å². The summed E-state index contributed by atoms with van der Waals surface area (Å²) in [5, 5.41) is 0. The Labute approximate surface area is 118 Å². The van der Waals surface area contributed by atoms with Crippen LogP contribution in [0.25, 0.3) is 0 Å². The lowest BCUT2D eigenvalue weighted by molar-refractivity contribution is 0.508. The molecule has 0 aliphatic heterocycles. The molecule has 0 heterocycles. The molecule has 2 aromatic carbocycles. The van der Waals surface area contributed by atoms with Gasteiger partial charge in [-0.1, -0.05) is 30.3 Å².